The maximum Gasteiger partial charge on any atom is 0.573 e. The van der Waals surface area contributed by atoms with Crippen molar-refractivity contribution in [2.75, 3.05) is 5.75 Å². The highest BCUT2D eigenvalue weighted by molar-refractivity contribution is 7.99. The van der Waals surface area contributed by atoms with E-state index in [0.29, 0.717) is 10.8 Å². The van der Waals surface area contributed by atoms with Gasteiger partial charge in [0.25, 0.3) is 0 Å². The van der Waals surface area contributed by atoms with Crippen molar-refractivity contribution in [2.45, 2.75) is 44.2 Å². The first-order chi connectivity index (χ1) is 12.3. The van der Waals surface area contributed by atoms with Gasteiger partial charge in [0, 0.05) is 6.04 Å². The highest BCUT2D eigenvalue weighted by Crippen LogP contribution is 2.24. The van der Waals surface area contributed by atoms with Gasteiger partial charge in [-0.3, -0.25) is 4.79 Å². The molecule has 2 aromatic rings. The first-order valence-corrected chi connectivity index (χ1v) is 8.83. The molecule has 0 fully saturated rings. The van der Waals surface area contributed by atoms with Gasteiger partial charge in [0.05, 0.1) is 11.4 Å². The van der Waals surface area contributed by atoms with E-state index >= 15 is 0 Å². The van der Waals surface area contributed by atoms with Crippen LogP contribution in [0.1, 0.15) is 26.7 Å². The zero-order valence-corrected chi connectivity index (χ0v) is 15.0. The number of ether oxygens (including phenoxy) is 1. The molecule has 1 heterocycles. The molecule has 1 atom stereocenters. The van der Waals surface area contributed by atoms with Gasteiger partial charge in [0.15, 0.2) is 0 Å². The van der Waals surface area contributed by atoms with E-state index in [1.165, 1.54) is 16.8 Å². The van der Waals surface area contributed by atoms with Crippen LogP contribution in [-0.2, 0) is 4.79 Å². The third-order valence-electron chi connectivity index (χ3n) is 3.22. The van der Waals surface area contributed by atoms with Gasteiger partial charge in [-0.2, -0.15) is 4.68 Å². The number of tetrazole rings is 1. The van der Waals surface area contributed by atoms with E-state index in [1.54, 1.807) is 0 Å². The van der Waals surface area contributed by atoms with Crippen LogP contribution >= 0.6 is 11.8 Å². The average molecular weight is 389 g/mol. The van der Waals surface area contributed by atoms with Crippen LogP contribution in [0.15, 0.2) is 29.4 Å². The molecule has 11 heteroatoms. The summed E-state index contributed by atoms with van der Waals surface area (Å²) < 4.78 is 41.7. The molecule has 0 saturated heterocycles. The second-order valence-corrected chi connectivity index (χ2v) is 6.40. The third kappa shape index (κ3) is 6.21. The van der Waals surface area contributed by atoms with Crippen LogP contribution in [0.25, 0.3) is 5.69 Å². The van der Waals surface area contributed by atoms with Gasteiger partial charge in [-0.05, 0) is 48.0 Å². The van der Waals surface area contributed by atoms with Gasteiger partial charge in [0.1, 0.15) is 5.75 Å². The molecule has 1 N–H and O–H groups in total. The lowest BCUT2D eigenvalue weighted by Crippen LogP contribution is -2.33. The lowest BCUT2D eigenvalue weighted by atomic mass is 10.2. The molecule has 2 rings (SSSR count). The number of nitrogens with zero attached hydrogens (tertiary/aromatic N) is 4. The molecule has 1 aromatic carbocycles. The molecular weight excluding hydrogens is 371 g/mol. The van der Waals surface area contributed by atoms with Crippen molar-refractivity contribution in [3.05, 3.63) is 24.3 Å². The van der Waals surface area contributed by atoms with Crippen LogP contribution in [0.2, 0.25) is 0 Å². The van der Waals surface area contributed by atoms with E-state index < -0.39 is 6.36 Å². The molecular formula is C15H18F3N5O2S. The van der Waals surface area contributed by atoms with Crippen molar-refractivity contribution < 1.29 is 22.7 Å². The number of benzene rings is 1. The van der Waals surface area contributed by atoms with Crippen molar-refractivity contribution in [1.82, 2.24) is 25.5 Å². The molecule has 26 heavy (non-hydrogen) atoms. The summed E-state index contributed by atoms with van der Waals surface area (Å²) in [5.74, 6) is -0.351. The lowest BCUT2D eigenvalue weighted by Gasteiger charge is -2.12. The summed E-state index contributed by atoms with van der Waals surface area (Å²) in [6, 6.07) is 5.21. The Morgan fingerprint density at radius 1 is 1.35 bits per heavy atom. The molecule has 0 saturated carbocycles. The van der Waals surface area contributed by atoms with Gasteiger partial charge in [-0.1, -0.05) is 25.1 Å². The Labute approximate surface area is 152 Å². The van der Waals surface area contributed by atoms with E-state index in [9.17, 15) is 18.0 Å². The van der Waals surface area contributed by atoms with Crippen LogP contribution in [0.5, 0.6) is 5.75 Å². The second kappa shape index (κ2) is 8.88. The highest BCUT2D eigenvalue weighted by Gasteiger charge is 2.31. The van der Waals surface area contributed by atoms with E-state index in [1.807, 2.05) is 13.8 Å². The number of hydrogen-bond acceptors (Lipinski definition) is 6. The van der Waals surface area contributed by atoms with Crippen molar-refractivity contribution in [2.24, 2.45) is 0 Å². The van der Waals surface area contributed by atoms with Crippen LogP contribution in [0.3, 0.4) is 0 Å². The summed E-state index contributed by atoms with van der Waals surface area (Å²) in [6.45, 7) is 3.97. The van der Waals surface area contributed by atoms with Crippen LogP contribution in [0.4, 0.5) is 13.2 Å². The summed E-state index contributed by atoms with van der Waals surface area (Å²) in [7, 11) is 0. The van der Waals surface area contributed by atoms with Crippen molar-refractivity contribution in [3.8, 4) is 11.4 Å². The Kier molecular flexibility index (Phi) is 6.83. The smallest absolute Gasteiger partial charge is 0.406 e. The molecule has 0 aliphatic heterocycles. The third-order valence-corrected chi connectivity index (χ3v) is 4.14. The zero-order valence-electron chi connectivity index (χ0n) is 14.2. The van der Waals surface area contributed by atoms with Crippen molar-refractivity contribution in [1.29, 1.82) is 0 Å². The predicted molar refractivity (Wildman–Crippen MR) is 89.1 cm³/mol. The number of thioether (sulfide) groups is 1. The van der Waals surface area contributed by atoms with Crippen LogP contribution < -0.4 is 10.1 Å². The maximum atomic E-state index is 12.2. The minimum absolute atomic E-state index is 0.0882. The second-order valence-electron chi connectivity index (χ2n) is 5.46. The fourth-order valence-electron chi connectivity index (χ4n) is 2.17. The van der Waals surface area contributed by atoms with Gasteiger partial charge in [-0.25, -0.2) is 0 Å². The fraction of sp³-hybridized carbons (Fsp3) is 0.467. The monoisotopic (exact) mass is 389 g/mol. The van der Waals surface area contributed by atoms with Gasteiger partial charge in [-0.15, -0.1) is 18.3 Å². The van der Waals surface area contributed by atoms with Crippen LogP contribution in [-0.4, -0.2) is 44.3 Å². The minimum Gasteiger partial charge on any atom is -0.406 e. The largest absolute Gasteiger partial charge is 0.573 e. The van der Waals surface area contributed by atoms with Gasteiger partial charge < -0.3 is 10.1 Å². The molecule has 0 aliphatic carbocycles. The number of hydrogen-bond donors (Lipinski definition) is 1. The topological polar surface area (TPSA) is 81.9 Å². The predicted octanol–water partition coefficient (Wildman–Crippen LogP) is 2.96. The Morgan fingerprint density at radius 2 is 2.04 bits per heavy atom. The number of alkyl halides is 3. The molecule has 0 bridgehead atoms. The summed E-state index contributed by atoms with van der Waals surface area (Å²) in [6.07, 6.45) is -2.89. The van der Waals surface area contributed by atoms with Gasteiger partial charge in [0.2, 0.25) is 11.1 Å². The lowest BCUT2D eigenvalue weighted by molar-refractivity contribution is -0.274. The minimum atomic E-state index is -4.75. The Hall–Kier alpha value is -2.30. The molecule has 0 spiro atoms. The summed E-state index contributed by atoms with van der Waals surface area (Å²) in [5, 5.41) is 14.4. The Bertz CT molecular complexity index is 721. The molecule has 0 unspecified atom stereocenters. The number of carbonyl (C=O) groups excluding carboxylic acids is 1. The first-order valence-electron chi connectivity index (χ1n) is 7.85. The summed E-state index contributed by atoms with van der Waals surface area (Å²) >= 11 is 1.13. The van der Waals surface area contributed by atoms with Crippen LogP contribution in [0, 0.1) is 0 Å². The Morgan fingerprint density at radius 3 is 2.65 bits per heavy atom. The number of amides is 1. The number of aromatic nitrogens is 4. The summed E-state index contributed by atoms with van der Waals surface area (Å²) in [5.41, 5.74) is 0.451. The van der Waals surface area contributed by atoms with Crippen molar-refractivity contribution in [3.63, 3.8) is 0 Å². The number of rotatable bonds is 8. The Balaban J connectivity index is 1.98. The van der Waals surface area contributed by atoms with E-state index in [4.69, 9.17) is 0 Å². The average Bonchev–Trinajstić information content (AvgIpc) is 3.01. The van der Waals surface area contributed by atoms with E-state index in [-0.39, 0.29) is 23.5 Å². The quantitative estimate of drug-likeness (QED) is 0.699. The van der Waals surface area contributed by atoms with E-state index in [0.717, 1.165) is 36.7 Å². The molecule has 142 valence electrons. The molecule has 1 amide bonds. The van der Waals surface area contributed by atoms with Gasteiger partial charge >= 0.3 is 6.36 Å². The van der Waals surface area contributed by atoms with E-state index in [2.05, 4.69) is 25.6 Å². The number of nitrogens with one attached hydrogen (secondary N) is 1. The van der Waals surface area contributed by atoms with Crippen molar-refractivity contribution >= 4 is 17.7 Å². The summed E-state index contributed by atoms with van der Waals surface area (Å²) in [4.78, 5) is 11.9. The molecule has 1 aromatic heterocycles. The molecule has 7 nitrogen and oxygen atoms in total. The number of carbonyl (C=O) groups is 1. The molecule has 0 radical (unpaired) electrons. The maximum absolute atomic E-state index is 12.2. The zero-order chi connectivity index (χ0) is 19.2. The SMILES string of the molecule is CCC[C@@H](C)NC(=O)CSc1nnnn1-c1ccc(OC(F)(F)F)cc1. The fourth-order valence-corrected chi connectivity index (χ4v) is 2.87. The standard InChI is InChI=1S/C15H18F3N5O2S/c1-3-4-10(2)19-13(24)9-26-14-20-21-22-23(14)11-5-7-12(8-6-11)25-15(16,17)18/h5-8,10H,3-4,9H2,1-2H3,(H,19,24)/t10-/m1/s1. The normalized spacial score (nSPS) is 12.7. The highest BCUT2D eigenvalue weighted by atomic mass is 32.2. The molecule has 0 aliphatic rings. The number of halogens is 3. The first kappa shape index (κ1) is 20.0.